The first-order chi connectivity index (χ1) is 22.9. The van der Waals surface area contributed by atoms with E-state index >= 15 is 0 Å². The molecule has 1 aliphatic heterocycles. The summed E-state index contributed by atoms with van der Waals surface area (Å²) in [6.45, 7) is 0.425. The highest BCUT2D eigenvalue weighted by molar-refractivity contribution is 6.38. The maximum atomic E-state index is 14.0. The van der Waals surface area contributed by atoms with Crippen LogP contribution in [0, 0.1) is 0 Å². The fourth-order valence-corrected chi connectivity index (χ4v) is 5.83. The maximum Gasteiger partial charge on any atom is 0.305 e. The van der Waals surface area contributed by atoms with Crippen molar-refractivity contribution < 1.29 is 38.3 Å². The molecule has 15 heteroatoms. The Morgan fingerprint density at radius 1 is 1.00 bits per heavy atom. The summed E-state index contributed by atoms with van der Waals surface area (Å²) < 4.78 is 5.49. The van der Waals surface area contributed by atoms with Gasteiger partial charge in [-0.3, -0.25) is 33.7 Å². The van der Waals surface area contributed by atoms with E-state index < -0.39 is 66.3 Å². The van der Waals surface area contributed by atoms with Gasteiger partial charge in [0.1, 0.15) is 24.1 Å². The van der Waals surface area contributed by atoms with Crippen LogP contribution in [0.5, 0.6) is 0 Å². The third kappa shape index (κ3) is 7.81. The molecule has 2 atom stereocenters. The Bertz CT molecular complexity index is 1910. The Morgan fingerprint density at radius 3 is 2.38 bits per heavy atom. The number of anilines is 2. The van der Waals surface area contributed by atoms with Gasteiger partial charge in [0.25, 0.3) is 11.8 Å². The lowest BCUT2D eigenvalue weighted by molar-refractivity contribution is -0.137. The monoisotopic (exact) mass is 693 g/mol. The van der Waals surface area contributed by atoms with Crippen molar-refractivity contribution in [3.8, 4) is 0 Å². The number of halogens is 2. The highest BCUT2D eigenvalue weighted by atomic mass is 35.5. The number of amides is 4. The largest absolute Gasteiger partial charge is 0.481 e. The SMILES string of the molecule is CC(=O)N1CC(NC(=O)CCc2ccccc2)C(=O)N(CC(=O)N[C@@H](CC(=O)O)C(=O)c2nc3cc(Cl)cc(Cl)c3o2)c2ccccc21. The first-order valence-corrected chi connectivity index (χ1v) is 15.5. The molecule has 1 aliphatic rings. The second-order valence-corrected chi connectivity index (χ2v) is 11.8. The summed E-state index contributed by atoms with van der Waals surface area (Å²) in [6, 6.07) is 15.6. The third-order valence-electron chi connectivity index (χ3n) is 7.54. The van der Waals surface area contributed by atoms with Crippen LogP contribution in [0.1, 0.15) is 36.0 Å². The molecule has 1 aromatic heterocycles. The minimum absolute atomic E-state index is 0.0449. The van der Waals surface area contributed by atoms with Crippen LogP contribution in [-0.2, 0) is 30.4 Å². The molecular formula is C33H29Cl2N5O8. The minimum atomic E-state index is -1.64. The van der Waals surface area contributed by atoms with E-state index in [0.717, 1.165) is 10.5 Å². The molecule has 3 N–H and O–H groups in total. The first kappa shape index (κ1) is 34.1. The normalized spacial score (nSPS) is 15.0. The van der Waals surface area contributed by atoms with Crippen molar-refractivity contribution in [3.63, 3.8) is 0 Å². The van der Waals surface area contributed by atoms with Crippen molar-refractivity contribution in [2.24, 2.45) is 0 Å². The van der Waals surface area contributed by atoms with Crippen LogP contribution in [0.2, 0.25) is 10.0 Å². The van der Waals surface area contributed by atoms with E-state index in [1.807, 2.05) is 30.3 Å². The number of hydrogen-bond acceptors (Lipinski definition) is 8. The number of aryl methyl sites for hydroxylation is 1. The van der Waals surface area contributed by atoms with Gasteiger partial charge in [0.2, 0.25) is 23.5 Å². The van der Waals surface area contributed by atoms with Crippen molar-refractivity contribution in [3.05, 3.63) is 88.2 Å². The number of fused-ring (bicyclic) bond motifs is 2. The molecule has 0 bridgehead atoms. The number of para-hydroxylation sites is 2. The topological polar surface area (TPSA) is 179 Å². The number of aromatic nitrogens is 1. The lowest BCUT2D eigenvalue weighted by Crippen LogP contribution is -2.55. The number of oxazole rings is 1. The number of carboxylic acid groups (broad SMARTS) is 1. The van der Waals surface area contributed by atoms with Crippen molar-refractivity contribution in [1.29, 1.82) is 0 Å². The molecule has 0 spiro atoms. The van der Waals surface area contributed by atoms with Crippen LogP contribution in [-0.4, -0.2) is 70.6 Å². The molecule has 13 nitrogen and oxygen atoms in total. The van der Waals surface area contributed by atoms with Gasteiger partial charge >= 0.3 is 5.97 Å². The molecule has 4 amide bonds. The van der Waals surface area contributed by atoms with Gasteiger partial charge in [-0.05, 0) is 36.2 Å². The average molecular weight is 695 g/mol. The standard InChI is InChI=1S/C33H29Cl2N5O8/c1-18(41)39-16-24(37-27(42)12-11-19-7-3-2-4-8-19)33(47)40(26-10-6-5-9-25(26)39)17-28(43)36-22(15-29(44)45)30(46)32-38-23-14-20(34)13-21(35)31(23)48-32/h2-10,13-14,22,24H,11-12,15-17H2,1H3,(H,36,43)(H,37,42)(H,44,45)/t22-,24?/m0/s1. The summed E-state index contributed by atoms with van der Waals surface area (Å²) >= 11 is 12.1. The molecule has 4 aromatic rings. The molecule has 1 unspecified atom stereocenters. The Morgan fingerprint density at radius 2 is 1.69 bits per heavy atom. The van der Waals surface area contributed by atoms with E-state index in [1.165, 1.54) is 30.0 Å². The molecule has 0 saturated heterocycles. The molecule has 3 aromatic carbocycles. The summed E-state index contributed by atoms with van der Waals surface area (Å²) in [5, 5.41) is 14.9. The zero-order valence-electron chi connectivity index (χ0n) is 25.4. The highest BCUT2D eigenvalue weighted by Crippen LogP contribution is 2.33. The Hall–Kier alpha value is -5.27. The summed E-state index contributed by atoms with van der Waals surface area (Å²) in [4.78, 5) is 84.7. The molecule has 5 rings (SSSR count). The number of rotatable bonds is 11. The van der Waals surface area contributed by atoms with Crippen LogP contribution in [0.3, 0.4) is 0 Å². The number of carbonyl (C=O) groups excluding carboxylic acids is 5. The number of benzene rings is 3. The van der Waals surface area contributed by atoms with Gasteiger partial charge in [0.05, 0.1) is 29.4 Å². The van der Waals surface area contributed by atoms with E-state index in [0.29, 0.717) is 12.1 Å². The van der Waals surface area contributed by atoms with Crippen LogP contribution in [0.4, 0.5) is 11.4 Å². The zero-order chi connectivity index (χ0) is 34.5. The van der Waals surface area contributed by atoms with Gasteiger partial charge in [-0.2, -0.15) is 0 Å². The maximum absolute atomic E-state index is 14.0. The summed E-state index contributed by atoms with van der Waals surface area (Å²) in [6.07, 6.45) is -0.358. The fourth-order valence-electron chi connectivity index (χ4n) is 5.31. The van der Waals surface area contributed by atoms with E-state index in [9.17, 15) is 33.9 Å². The van der Waals surface area contributed by atoms with Gasteiger partial charge in [-0.1, -0.05) is 65.7 Å². The number of nitrogens with one attached hydrogen (secondary N) is 2. The second-order valence-electron chi connectivity index (χ2n) is 11.0. The molecular weight excluding hydrogens is 665 g/mol. The smallest absolute Gasteiger partial charge is 0.305 e. The summed E-state index contributed by atoms with van der Waals surface area (Å²) in [7, 11) is 0. The van der Waals surface area contributed by atoms with Crippen LogP contribution in [0.15, 0.2) is 71.1 Å². The number of carboxylic acids is 1. The number of Topliss-reactive ketones (excluding diaryl/α,β-unsaturated/α-hetero) is 1. The molecule has 0 saturated carbocycles. The molecule has 248 valence electrons. The number of ketones is 1. The van der Waals surface area contributed by atoms with Gasteiger partial charge in [0, 0.05) is 18.4 Å². The van der Waals surface area contributed by atoms with Crippen molar-refractivity contribution >= 4 is 81.1 Å². The van der Waals surface area contributed by atoms with Crippen molar-refractivity contribution in [2.75, 3.05) is 22.9 Å². The lowest BCUT2D eigenvalue weighted by Gasteiger charge is -2.26. The third-order valence-corrected chi connectivity index (χ3v) is 8.04. The second kappa shape index (κ2) is 14.7. The first-order valence-electron chi connectivity index (χ1n) is 14.7. The number of hydrogen-bond donors (Lipinski definition) is 3. The summed E-state index contributed by atoms with van der Waals surface area (Å²) in [5.74, 6) is -5.31. The summed E-state index contributed by atoms with van der Waals surface area (Å²) in [5.41, 5.74) is 1.62. The quantitative estimate of drug-likeness (QED) is 0.197. The number of nitrogens with zero attached hydrogens (tertiary/aromatic N) is 3. The predicted octanol–water partition coefficient (Wildman–Crippen LogP) is 3.79. The molecule has 0 aliphatic carbocycles. The average Bonchev–Trinajstić information content (AvgIpc) is 3.44. The minimum Gasteiger partial charge on any atom is -0.481 e. The van der Waals surface area contributed by atoms with Gasteiger partial charge in [-0.25, -0.2) is 4.98 Å². The lowest BCUT2D eigenvalue weighted by atomic mass is 10.1. The van der Waals surface area contributed by atoms with Crippen molar-refractivity contribution in [2.45, 2.75) is 38.3 Å². The highest BCUT2D eigenvalue weighted by Gasteiger charge is 2.38. The molecule has 2 heterocycles. The zero-order valence-corrected chi connectivity index (χ0v) is 27.0. The number of carbonyl (C=O) groups is 6. The van der Waals surface area contributed by atoms with Crippen LogP contribution >= 0.6 is 23.2 Å². The fraction of sp³-hybridized carbons (Fsp3) is 0.242. The van der Waals surface area contributed by atoms with Crippen molar-refractivity contribution in [1.82, 2.24) is 15.6 Å². The molecule has 0 radical (unpaired) electrons. The van der Waals surface area contributed by atoms with Gasteiger partial charge in [0.15, 0.2) is 5.58 Å². The van der Waals surface area contributed by atoms with Gasteiger partial charge in [-0.15, -0.1) is 0 Å². The van der Waals surface area contributed by atoms with E-state index in [4.69, 9.17) is 27.6 Å². The van der Waals surface area contributed by atoms with Crippen LogP contribution in [0.25, 0.3) is 11.1 Å². The Balaban J connectivity index is 1.39. The Kier molecular flexibility index (Phi) is 10.4. The van der Waals surface area contributed by atoms with E-state index in [1.54, 1.807) is 18.2 Å². The number of aliphatic carboxylic acids is 1. The van der Waals surface area contributed by atoms with Gasteiger partial charge < -0.3 is 25.1 Å². The molecule has 48 heavy (non-hydrogen) atoms. The Labute approximate surface area is 283 Å². The van der Waals surface area contributed by atoms with Crippen LogP contribution < -0.4 is 20.4 Å². The van der Waals surface area contributed by atoms with E-state index in [-0.39, 0.29) is 39.8 Å². The molecule has 0 fully saturated rings. The van der Waals surface area contributed by atoms with E-state index in [2.05, 4.69) is 15.6 Å². The predicted molar refractivity (Wildman–Crippen MR) is 176 cm³/mol.